The van der Waals surface area contributed by atoms with E-state index < -0.39 is 23.1 Å². The maximum Gasteiger partial charge on any atom is 0.339 e. The van der Waals surface area contributed by atoms with Crippen LogP contribution < -0.4 is 0 Å². The molecule has 0 saturated carbocycles. The average molecular weight is 311 g/mol. The van der Waals surface area contributed by atoms with Gasteiger partial charge in [-0.3, -0.25) is 4.79 Å². The SMILES string of the molecule is O=C(c1cc(Cl)c(O)c(C(=O)O)c1)c1ccccc1Cl. The first-order valence-electron chi connectivity index (χ1n) is 5.47. The normalized spacial score (nSPS) is 10.3. The van der Waals surface area contributed by atoms with E-state index in [-0.39, 0.29) is 21.2 Å². The van der Waals surface area contributed by atoms with Crippen molar-refractivity contribution in [2.45, 2.75) is 0 Å². The minimum atomic E-state index is -1.38. The molecule has 0 aliphatic carbocycles. The molecule has 2 N–H and O–H groups in total. The number of hydrogen-bond donors (Lipinski definition) is 2. The van der Waals surface area contributed by atoms with Gasteiger partial charge >= 0.3 is 5.97 Å². The summed E-state index contributed by atoms with van der Waals surface area (Å²) >= 11 is 11.7. The number of rotatable bonds is 3. The van der Waals surface area contributed by atoms with Crippen molar-refractivity contribution in [3.05, 3.63) is 63.1 Å². The van der Waals surface area contributed by atoms with E-state index in [4.69, 9.17) is 28.3 Å². The molecule has 0 aliphatic rings. The highest BCUT2D eigenvalue weighted by Crippen LogP contribution is 2.30. The third-order valence-corrected chi connectivity index (χ3v) is 3.29. The van der Waals surface area contributed by atoms with E-state index in [1.165, 1.54) is 12.1 Å². The molecule has 0 unspecified atom stereocenters. The van der Waals surface area contributed by atoms with Crippen molar-refractivity contribution in [2.24, 2.45) is 0 Å². The third-order valence-electron chi connectivity index (χ3n) is 2.67. The fraction of sp³-hybridized carbons (Fsp3) is 0. The Hall–Kier alpha value is -2.04. The fourth-order valence-corrected chi connectivity index (χ4v) is 2.13. The number of carbonyl (C=O) groups is 2. The van der Waals surface area contributed by atoms with E-state index in [0.29, 0.717) is 0 Å². The predicted octanol–water partition coefficient (Wildman–Crippen LogP) is 3.63. The smallest absolute Gasteiger partial charge is 0.339 e. The highest BCUT2D eigenvalue weighted by molar-refractivity contribution is 6.36. The van der Waals surface area contributed by atoms with Crippen molar-refractivity contribution in [1.82, 2.24) is 0 Å². The van der Waals surface area contributed by atoms with Gasteiger partial charge in [0.1, 0.15) is 11.3 Å². The second-order valence-corrected chi connectivity index (χ2v) is 4.78. The van der Waals surface area contributed by atoms with Crippen molar-refractivity contribution in [1.29, 1.82) is 0 Å². The second-order valence-electron chi connectivity index (χ2n) is 3.97. The molecule has 0 atom stereocenters. The molecule has 0 spiro atoms. The molecular weight excluding hydrogens is 303 g/mol. The number of phenols is 1. The minimum absolute atomic E-state index is 0.0401. The zero-order valence-corrected chi connectivity index (χ0v) is 11.4. The van der Waals surface area contributed by atoms with Gasteiger partial charge in [-0.15, -0.1) is 0 Å². The molecule has 0 heterocycles. The topological polar surface area (TPSA) is 74.6 Å². The number of carbonyl (C=O) groups excluding carboxylic acids is 1. The van der Waals surface area contributed by atoms with Crippen LogP contribution in [0.2, 0.25) is 10.0 Å². The summed E-state index contributed by atoms with van der Waals surface area (Å²) in [4.78, 5) is 23.3. The van der Waals surface area contributed by atoms with Crippen LogP contribution in [0.5, 0.6) is 5.75 Å². The number of benzene rings is 2. The summed E-state index contributed by atoms with van der Waals surface area (Å²) in [5.41, 5.74) is -0.168. The van der Waals surface area contributed by atoms with Crippen molar-refractivity contribution in [2.75, 3.05) is 0 Å². The van der Waals surface area contributed by atoms with Gasteiger partial charge in [0.15, 0.2) is 5.78 Å². The van der Waals surface area contributed by atoms with Crippen LogP contribution in [-0.2, 0) is 0 Å². The second kappa shape index (κ2) is 5.53. The Balaban J connectivity index is 2.57. The van der Waals surface area contributed by atoms with Crippen LogP contribution in [-0.4, -0.2) is 22.0 Å². The Bertz CT molecular complexity index is 710. The van der Waals surface area contributed by atoms with Gasteiger partial charge in [0.05, 0.1) is 10.0 Å². The largest absolute Gasteiger partial charge is 0.505 e. The molecule has 0 bridgehead atoms. The van der Waals surface area contributed by atoms with E-state index in [1.54, 1.807) is 18.2 Å². The highest BCUT2D eigenvalue weighted by atomic mass is 35.5. The standard InChI is InChI=1S/C14H8Cl2O4/c15-10-4-2-1-3-8(10)12(17)7-5-9(14(19)20)13(18)11(16)6-7/h1-6,18H,(H,19,20). The van der Waals surface area contributed by atoms with Crippen molar-refractivity contribution >= 4 is 35.0 Å². The van der Waals surface area contributed by atoms with Gasteiger partial charge < -0.3 is 10.2 Å². The lowest BCUT2D eigenvalue weighted by atomic mass is 10.0. The lowest BCUT2D eigenvalue weighted by molar-refractivity contribution is 0.0693. The summed E-state index contributed by atoms with van der Waals surface area (Å²) in [7, 11) is 0. The van der Waals surface area contributed by atoms with Crippen LogP contribution >= 0.6 is 23.2 Å². The summed E-state index contributed by atoms with van der Waals surface area (Å²) in [6.45, 7) is 0. The van der Waals surface area contributed by atoms with Crippen LogP contribution in [0, 0.1) is 0 Å². The molecule has 0 aromatic heterocycles. The maximum absolute atomic E-state index is 12.3. The quantitative estimate of drug-likeness (QED) is 0.849. The Morgan fingerprint density at radius 1 is 0.950 bits per heavy atom. The molecule has 2 aromatic carbocycles. The van der Waals surface area contributed by atoms with Gasteiger partial charge in [-0.25, -0.2) is 4.79 Å². The van der Waals surface area contributed by atoms with E-state index in [0.717, 1.165) is 6.07 Å². The Morgan fingerprint density at radius 2 is 1.60 bits per heavy atom. The predicted molar refractivity (Wildman–Crippen MR) is 75.0 cm³/mol. The lowest BCUT2D eigenvalue weighted by Gasteiger charge is -2.07. The average Bonchev–Trinajstić information content (AvgIpc) is 2.41. The zero-order chi connectivity index (χ0) is 14.9. The third kappa shape index (κ3) is 2.61. The summed E-state index contributed by atoms with van der Waals surface area (Å²) in [5, 5.41) is 18.6. The summed E-state index contributed by atoms with van der Waals surface area (Å²) in [6, 6.07) is 8.65. The first kappa shape index (κ1) is 14.4. The van der Waals surface area contributed by atoms with E-state index >= 15 is 0 Å². The monoisotopic (exact) mass is 310 g/mol. The van der Waals surface area contributed by atoms with Gasteiger partial charge in [0.25, 0.3) is 0 Å². The molecule has 0 saturated heterocycles. The number of ketones is 1. The van der Waals surface area contributed by atoms with Gasteiger partial charge in [-0.2, -0.15) is 0 Å². The summed E-state index contributed by atoms with van der Waals surface area (Å²) < 4.78 is 0. The molecule has 0 radical (unpaired) electrons. The first-order chi connectivity index (χ1) is 9.41. The van der Waals surface area contributed by atoms with Crippen molar-refractivity contribution in [3.8, 4) is 5.75 Å². The number of aromatic carboxylic acids is 1. The van der Waals surface area contributed by atoms with Gasteiger partial charge in [-0.05, 0) is 24.3 Å². The molecule has 6 heteroatoms. The molecule has 20 heavy (non-hydrogen) atoms. The molecule has 102 valence electrons. The van der Waals surface area contributed by atoms with E-state index in [2.05, 4.69) is 0 Å². The van der Waals surface area contributed by atoms with Crippen LogP contribution in [0.1, 0.15) is 26.3 Å². The Labute approximate surface area is 124 Å². The Kier molecular flexibility index (Phi) is 3.97. The first-order valence-corrected chi connectivity index (χ1v) is 6.22. The van der Waals surface area contributed by atoms with Crippen molar-refractivity contribution in [3.63, 3.8) is 0 Å². The molecule has 2 aromatic rings. The Morgan fingerprint density at radius 3 is 2.20 bits per heavy atom. The minimum Gasteiger partial charge on any atom is -0.505 e. The number of aromatic hydroxyl groups is 1. The zero-order valence-electron chi connectivity index (χ0n) is 9.93. The van der Waals surface area contributed by atoms with Crippen LogP contribution in [0.3, 0.4) is 0 Å². The van der Waals surface area contributed by atoms with Crippen LogP contribution in [0.15, 0.2) is 36.4 Å². The lowest BCUT2D eigenvalue weighted by Crippen LogP contribution is -2.05. The fourth-order valence-electron chi connectivity index (χ4n) is 1.69. The molecule has 0 amide bonds. The molecule has 4 nitrogen and oxygen atoms in total. The number of carboxylic acids is 1. The number of halogens is 2. The highest BCUT2D eigenvalue weighted by Gasteiger charge is 2.19. The van der Waals surface area contributed by atoms with Gasteiger partial charge in [-0.1, -0.05) is 35.3 Å². The summed E-state index contributed by atoms with van der Waals surface area (Å²) in [6.07, 6.45) is 0. The van der Waals surface area contributed by atoms with Gasteiger partial charge in [0, 0.05) is 11.1 Å². The molecule has 0 fully saturated rings. The molecule has 2 rings (SSSR count). The van der Waals surface area contributed by atoms with Crippen LogP contribution in [0.4, 0.5) is 0 Å². The molecule has 0 aliphatic heterocycles. The van der Waals surface area contributed by atoms with Crippen LogP contribution in [0.25, 0.3) is 0 Å². The van der Waals surface area contributed by atoms with E-state index in [9.17, 15) is 14.7 Å². The number of hydrogen-bond acceptors (Lipinski definition) is 3. The van der Waals surface area contributed by atoms with E-state index in [1.807, 2.05) is 0 Å². The van der Waals surface area contributed by atoms with Crippen molar-refractivity contribution < 1.29 is 19.8 Å². The molecular formula is C14H8Cl2O4. The summed E-state index contributed by atoms with van der Waals surface area (Å²) in [5.74, 6) is -2.42. The van der Waals surface area contributed by atoms with Gasteiger partial charge in [0.2, 0.25) is 0 Å². The maximum atomic E-state index is 12.3. The number of carboxylic acid groups (broad SMARTS) is 1.